The number of aromatic nitrogens is 2. The highest BCUT2D eigenvalue weighted by molar-refractivity contribution is 14.1. The van der Waals surface area contributed by atoms with Gasteiger partial charge in [-0.15, -0.1) is 0 Å². The Morgan fingerprint density at radius 2 is 2.47 bits per heavy atom. The molecule has 2 aromatic heterocycles. The minimum absolute atomic E-state index is 0.354. The minimum atomic E-state index is -0.354. The summed E-state index contributed by atoms with van der Waals surface area (Å²) >= 11 is 2.18. The van der Waals surface area contributed by atoms with Crippen molar-refractivity contribution in [3.63, 3.8) is 0 Å². The monoisotopic (exact) mass is 346 g/mol. The van der Waals surface area contributed by atoms with Crippen molar-refractivity contribution in [2.45, 2.75) is 13.5 Å². The van der Waals surface area contributed by atoms with Crippen LogP contribution in [0.5, 0.6) is 0 Å². The van der Waals surface area contributed by atoms with Gasteiger partial charge in [0.15, 0.2) is 0 Å². The number of aryl methyl sites for hydroxylation is 1. The standard InChI is InChI=1S/C10H11IN4O2/c1-6-9(10(16)14-12)2-8(17-6)5-15-4-7(11)3-13-15/h2-4H,5,12H2,1H3,(H,14,16). The molecule has 0 saturated heterocycles. The van der Waals surface area contributed by atoms with E-state index in [0.29, 0.717) is 23.6 Å². The molecule has 17 heavy (non-hydrogen) atoms. The number of carbonyl (C=O) groups is 1. The predicted octanol–water partition coefficient (Wildman–Crippen LogP) is 1.04. The molecule has 0 aliphatic rings. The topological polar surface area (TPSA) is 86.1 Å². The van der Waals surface area contributed by atoms with Gasteiger partial charge in [-0.2, -0.15) is 5.10 Å². The Labute approximate surface area is 111 Å². The third kappa shape index (κ3) is 2.67. The van der Waals surface area contributed by atoms with Gasteiger partial charge >= 0.3 is 0 Å². The molecule has 2 aromatic rings. The van der Waals surface area contributed by atoms with Crippen molar-refractivity contribution in [3.8, 4) is 0 Å². The second-order valence-electron chi connectivity index (χ2n) is 3.51. The number of amides is 1. The molecule has 2 heterocycles. The quantitative estimate of drug-likeness (QED) is 0.376. The van der Waals surface area contributed by atoms with Gasteiger partial charge in [0, 0.05) is 6.20 Å². The van der Waals surface area contributed by atoms with Crippen molar-refractivity contribution in [3.05, 3.63) is 39.1 Å². The number of nitrogens with two attached hydrogens (primary N) is 1. The summed E-state index contributed by atoms with van der Waals surface area (Å²) < 4.78 is 8.26. The highest BCUT2D eigenvalue weighted by atomic mass is 127. The summed E-state index contributed by atoms with van der Waals surface area (Å²) in [6, 6.07) is 1.67. The lowest BCUT2D eigenvalue weighted by Gasteiger charge is -1.95. The first-order valence-electron chi connectivity index (χ1n) is 4.88. The number of nitrogen functional groups attached to an aromatic ring is 1. The van der Waals surface area contributed by atoms with E-state index >= 15 is 0 Å². The maximum Gasteiger partial charge on any atom is 0.268 e. The number of furan rings is 1. The summed E-state index contributed by atoms with van der Waals surface area (Å²) in [7, 11) is 0. The Kier molecular flexibility index (Phi) is 3.48. The number of halogens is 1. The summed E-state index contributed by atoms with van der Waals surface area (Å²) in [6.07, 6.45) is 3.64. The SMILES string of the molecule is Cc1oc(Cn2cc(I)cn2)cc1C(=O)NN. The van der Waals surface area contributed by atoms with Crippen LogP contribution in [-0.4, -0.2) is 15.7 Å². The van der Waals surface area contributed by atoms with Crippen molar-refractivity contribution in [1.82, 2.24) is 15.2 Å². The summed E-state index contributed by atoms with van der Waals surface area (Å²) in [5.41, 5.74) is 2.53. The van der Waals surface area contributed by atoms with Crippen LogP contribution in [0.1, 0.15) is 21.9 Å². The van der Waals surface area contributed by atoms with Gasteiger partial charge in [-0.3, -0.25) is 14.9 Å². The average Bonchev–Trinajstić information content (AvgIpc) is 2.85. The van der Waals surface area contributed by atoms with Gasteiger partial charge in [0.2, 0.25) is 0 Å². The first kappa shape index (κ1) is 12.1. The molecule has 0 atom stereocenters. The lowest BCUT2D eigenvalue weighted by atomic mass is 10.2. The fourth-order valence-corrected chi connectivity index (χ4v) is 1.96. The predicted molar refractivity (Wildman–Crippen MR) is 69.1 cm³/mol. The number of carbonyl (C=O) groups excluding carboxylic acids is 1. The van der Waals surface area contributed by atoms with E-state index < -0.39 is 0 Å². The highest BCUT2D eigenvalue weighted by Crippen LogP contribution is 2.15. The van der Waals surface area contributed by atoms with Gasteiger partial charge in [0.05, 0.1) is 21.9 Å². The fourth-order valence-electron chi connectivity index (χ4n) is 1.51. The molecule has 0 fully saturated rings. The van der Waals surface area contributed by atoms with Crippen molar-refractivity contribution >= 4 is 28.5 Å². The minimum Gasteiger partial charge on any atom is -0.464 e. The zero-order chi connectivity index (χ0) is 12.4. The lowest BCUT2D eigenvalue weighted by Crippen LogP contribution is -2.30. The molecule has 1 amide bonds. The van der Waals surface area contributed by atoms with Crippen LogP contribution in [0, 0.1) is 10.5 Å². The first-order chi connectivity index (χ1) is 8.10. The number of rotatable bonds is 3. The van der Waals surface area contributed by atoms with E-state index in [1.807, 2.05) is 6.20 Å². The molecule has 7 heteroatoms. The molecule has 90 valence electrons. The summed E-state index contributed by atoms with van der Waals surface area (Å²) in [6.45, 7) is 2.21. The molecular formula is C10H11IN4O2. The van der Waals surface area contributed by atoms with Gasteiger partial charge in [-0.1, -0.05) is 0 Å². The number of nitrogens with zero attached hydrogens (tertiary/aromatic N) is 2. The van der Waals surface area contributed by atoms with Gasteiger partial charge in [0.25, 0.3) is 5.91 Å². The van der Waals surface area contributed by atoms with Crippen molar-refractivity contribution in [1.29, 1.82) is 0 Å². The van der Waals surface area contributed by atoms with Crippen LogP contribution in [0.2, 0.25) is 0 Å². The van der Waals surface area contributed by atoms with Gasteiger partial charge in [-0.05, 0) is 35.6 Å². The van der Waals surface area contributed by atoms with Crippen LogP contribution in [0.15, 0.2) is 22.9 Å². The van der Waals surface area contributed by atoms with Gasteiger partial charge < -0.3 is 4.42 Å². The first-order valence-corrected chi connectivity index (χ1v) is 5.96. The summed E-state index contributed by atoms with van der Waals surface area (Å²) in [5, 5.41) is 4.14. The van der Waals surface area contributed by atoms with E-state index in [-0.39, 0.29) is 5.91 Å². The van der Waals surface area contributed by atoms with E-state index in [4.69, 9.17) is 10.3 Å². The Balaban J connectivity index is 2.20. The van der Waals surface area contributed by atoms with E-state index in [2.05, 4.69) is 33.1 Å². The number of hydrazine groups is 1. The largest absolute Gasteiger partial charge is 0.464 e. The fraction of sp³-hybridized carbons (Fsp3) is 0.200. The Morgan fingerprint density at radius 3 is 3.06 bits per heavy atom. The smallest absolute Gasteiger partial charge is 0.268 e. The van der Waals surface area contributed by atoms with Crippen molar-refractivity contribution in [2.24, 2.45) is 5.84 Å². The van der Waals surface area contributed by atoms with Crippen LogP contribution >= 0.6 is 22.6 Å². The molecule has 0 aromatic carbocycles. The van der Waals surface area contributed by atoms with Crippen molar-refractivity contribution in [2.75, 3.05) is 0 Å². The molecule has 3 N–H and O–H groups in total. The van der Waals surface area contributed by atoms with E-state index in [0.717, 1.165) is 3.57 Å². The van der Waals surface area contributed by atoms with E-state index in [1.165, 1.54) is 0 Å². The van der Waals surface area contributed by atoms with Crippen LogP contribution in [-0.2, 0) is 6.54 Å². The molecule has 0 aliphatic heterocycles. The van der Waals surface area contributed by atoms with Gasteiger partial charge in [-0.25, -0.2) is 5.84 Å². The Bertz CT molecular complexity index is 546. The number of hydrogen-bond donors (Lipinski definition) is 2. The van der Waals surface area contributed by atoms with E-state index in [9.17, 15) is 4.79 Å². The normalized spacial score (nSPS) is 10.5. The average molecular weight is 346 g/mol. The molecule has 2 rings (SSSR count). The van der Waals surface area contributed by atoms with Gasteiger partial charge in [0.1, 0.15) is 11.5 Å². The van der Waals surface area contributed by atoms with Crippen LogP contribution in [0.3, 0.4) is 0 Å². The zero-order valence-corrected chi connectivity index (χ0v) is 11.3. The third-order valence-corrected chi connectivity index (χ3v) is 2.82. The number of hydrogen-bond acceptors (Lipinski definition) is 4. The summed E-state index contributed by atoms with van der Waals surface area (Å²) in [4.78, 5) is 11.4. The summed E-state index contributed by atoms with van der Waals surface area (Å²) in [5.74, 6) is 5.94. The Hall–Kier alpha value is -1.35. The Morgan fingerprint density at radius 1 is 1.71 bits per heavy atom. The van der Waals surface area contributed by atoms with Crippen LogP contribution in [0.25, 0.3) is 0 Å². The maximum atomic E-state index is 11.4. The maximum absolute atomic E-state index is 11.4. The van der Waals surface area contributed by atoms with Crippen molar-refractivity contribution < 1.29 is 9.21 Å². The molecule has 0 radical (unpaired) electrons. The highest BCUT2D eigenvalue weighted by Gasteiger charge is 2.14. The second-order valence-corrected chi connectivity index (χ2v) is 4.76. The lowest BCUT2D eigenvalue weighted by molar-refractivity contribution is 0.0952. The molecule has 0 aliphatic carbocycles. The number of nitrogens with one attached hydrogen (secondary N) is 1. The molecule has 6 nitrogen and oxygen atoms in total. The third-order valence-electron chi connectivity index (χ3n) is 2.26. The molecule has 0 spiro atoms. The second kappa shape index (κ2) is 4.88. The van der Waals surface area contributed by atoms with E-state index in [1.54, 1.807) is 23.9 Å². The molecule has 0 unspecified atom stereocenters. The molecular weight excluding hydrogens is 335 g/mol. The molecule has 0 saturated carbocycles. The molecule has 0 bridgehead atoms. The van der Waals surface area contributed by atoms with Crippen LogP contribution in [0.4, 0.5) is 0 Å². The zero-order valence-electron chi connectivity index (χ0n) is 9.11. The van der Waals surface area contributed by atoms with Crippen LogP contribution < -0.4 is 11.3 Å².